The lowest BCUT2D eigenvalue weighted by Gasteiger charge is -2.25. The summed E-state index contributed by atoms with van der Waals surface area (Å²) in [6.45, 7) is 0. The Morgan fingerprint density at radius 2 is 1.96 bits per heavy atom. The Kier molecular flexibility index (Phi) is 4.46. The molecule has 4 rings (SSSR count). The fraction of sp³-hybridized carbons (Fsp3) is 0.200. The molecule has 0 radical (unpaired) electrons. The molecule has 1 unspecified atom stereocenters. The van der Waals surface area contributed by atoms with Crippen molar-refractivity contribution in [3.05, 3.63) is 65.4 Å². The van der Waals surface area contributed by atoms with Crippen molar-refractivity contribution in [2.24, 2.45) is 0 Å². The molecule has 1 aliphatic heterocycles. The summed E-state index contributed by atoms with van der Waals surface area (Å²) < 4.78 is 39.7. The number of rotatable bonds is 4. The van der Waals surface area contributed by atoms with Crippen molar-refractivity contribution in [2.75, 3.05) is 19.5 Å². The molecule has 1 aliphatic rings. The van der Waals surface area contributed by atoms with E-state index in [0.717, 1.165) is 17.7 Å². The maximum absolute atomic E-state index is 14.3. The fourth-order valence-electron chi connectivity index (χ4n) is 3.52. The first-order valence-electron chi connectivity index (χ1n) is 8.57. The second kappa shape index (κ2) is 6.95. The predicted molar refractivity (Wildman–Crippen MR) is 98.1 cm³/mol. The van der Waals surface area contributed by atoms with Crippen molar-refractivity contribution < 1.29 is 23.0 Å². The molecule has 1 N–H and O–H groups in total. The van der Waals surface area contributed by atoms with Gasteiger partial charge < -0.3 is 14.8 Å². The normalized spacial score (nSPS) is 15.7. The van der Waals surface area contributed by atoms with E-state index in [0.29, 0.717) is 22.9 Å². The molecule has 0 spiro atoms. The Morgan fingerprint density at radius 1 is 1.14 bits per heavy atom. The van der Waals surface area contributed by atoms with E-state index in [9.17, 15) is 13.6 Å². The number of carbonyl (C=O) groups is 1. The van der Waals surface area contributed by atoms with Crippen molar-refractivity contribution in [2.45, 2.75) is 12.3 Å². The summed E-state index contributed by atoms with van der Waals surface area (Å²) in [6, 6.07) is 8.62. The minimum atomic E-state index is -0.777. The minimum absolute atomic E-state index is 0.0428. The SMILES string of the molecule is COc1cccc(C2CC(=O)Nc3c2cnn3-c2ccc(F)cc2F)c1OC. The van der Waals surface area contributed by atoms with E-state index >= 15 is 0 Å². The average Bonchev–Trinajstić information content (AvgIpc) is 3.10. The number of nitrogens with zero attached hydrogens (tertiary/aromatic N) is 2. The van der Waals surface area contributed by atoms with Gasteiger partial charge in [-0.25, -0.2) is 13.5 Å². The van der Waals surface area contributed by atoms with Crippen LogP contribution in [0.5, 0.6) is 11.5 Å². The zero-order valence-electron chi connectivity index (χ0n) is 15.2. The van der Waals surface area contributed by atoms with Gasteiger partial charge in [0.2, 0.25) is 5.91 Å². The van der Waals surface area contributed by atoms with Crippen LogP contribution in [0.1, 0.15) is 23.5 Å². The molecule has 3 aromatic rings. The van der Waals surface area contributed by atoms with Crippen LogP contribution >= 0.6 is 0 Å². The van der Waals surface area contributed by atoms with Gasteiger partial charge in [0.15, 0.2) is 17.3 Å². The number of hydrogen-bond acceptors (Lipinski definition) is 4. The van der Waals surface area contributed by atoms with Gasteiger partial charge in [0.1, 0.15) is 17.3 Å². The van der Waals surface area contributed by atoms with Crippen LogP contribution < -0.4 is 14.8 Å². The Morgan fingerprint density at radius 3 is 2.68 bits per heavy atom. The second-order valence-electron chi connectivity index (χ2n) is 6.34. The summed E-state index contributed by atoms with van der Waals surface area (Å²) in [4.78, 5) is 12.4. The number of aromatic nitrogens is 2. The number of anilines is 1. The molecular formula is C20H17F2N3O3. The summed E-state index contributed by atoms with van der Waals surface area (Å²) >= 11 is 0. The Hall–Kier alpha value is -3.42. The van der Waals surface area contributed by atoms with E-state index < -0.39 is 11.6 Å². The minimum Gasteiger partial charge on any atom is -0.493 e. The third-order valence-corrected chi connectivity index (χ3v) is 4.77. The van der Waals surface area contributed by atoms with Crippen molar-refractivity contribution in [3.8, 4) is 17.2 Å². The van der Waals surface area contributed by atoms with E-state index in [1.54, 1.807) is 12.3 Å². The summed E-state index contributed by atoms with van der Waals surface area (Å²) in [5.74, 6) is -0.651. The molecule has 1 aromatic heterocycles. The Labute approximate surface area is 159 Å². The van der Waals surface area contributed by atoms with Gasteiger partial charge in [-0.2, -0.15) is 5.10 Å². The van der Waals surface area contributed by atoms with Gasteiger partial charge in [-0.1, -0.05) is 12.1 Å². The number of amides is 1. The van der Waals surface area contributed by atoms with Gasteiger partial charge in [0.25, 0.3) is 0 Å². The number of methoxy groups -OCH3 is 2. The third kappa shape index (κ3) is 2.87. The molecular weight excluding hydrogens is 368 g/mol. The van der Waals surface area contributed by atoms with Gasteiger partial charge in [-0.15, -0.1) is 0 Å². The van der Waals surface area contributed by atoms with Gasteiger partial charge in [-0.3, -0.25) is 4.79 Å². The summed E-state index contributed by atoms with van der Waals surface area (Å²) in [7, 11) is 3.07. The topological polar surface area (TPSA) is 65.4 Å². The highest BCUT2D eigenvalue weighted by molar-refractivity contribution is 5.94. The van der Waals surface area contributed by atoms with Crippen molar-refractivity contribution in [3.63, 3.8) is 0 Å². The molecule has 0 bridgehead atoms. The van der Waals surface area contributed by atoms with E-state index in [1.165, 1.54) is 25.0 Å². The van der Waals surface area contributed by atoms with Gasteiger partial charge >= 0.3 is 0 Å². The first kappa shape index (κ1) is 18.0. The zero-order chi connectivity index (χ0) is 19.8. The lowest BCUT2D eigenvalue weighted by atomic mass is 9.86. The smallest absolute Gasteiger partial charge is 0.226 e. The highest BCUT2D eigenvalue weighted by atomic mass is 19.1. The number of nitrogens with one attached hydrogen (secondary N) is 1. The first-order valence-corrected chi connectivity index (χ1v) is 8.57. The standard InChI is InChI=1S/C20H17F2N3O3/c1-27-17-5-3-4-12(19(17)28-2)13-9-18(26)24-20-14(13)10-23-25(20)16-7-6-11(21)8-15(16)22/h3-8,10,13H,9H2,1-2H3,(H,24,26). The lowest BCUT2D eigenvalue weighted by Crippen LogP contribution is -2.25. The Bertz CT molecular complexity index is 1060. The van der Waals surface area contributed by atoms with Crippen LogP contribution in [-0.4, -0.2) is 29.9 Å². The van der Waals surface area contributed by atoms with Gasteiger partial charge in [0.05, 0.1) is 20.4 Å². The quantitative estimate of drug-likeness (QED) is 0.745. The number of hydrogen-bond donors (Lipinski definition) is 1. The monoisotopic (exact) mass is 385 g/mol. The highest BCUT2D eigenvalue weighted by Crippen LogP contribution is 2.44. The van der Waals surface area contributed by atoms with Gasteiger partial charge in [-0.05, 0) is 18.2 Å². The maximum Gasteiger partial charge on any atom is 0.226 e. The van der Waals surface area contributed by atoms with Gasteiger partial charge in [0, 0.05) is 29.5 Å². The first-order chi connectivity index (χ1) is 13.5. The van der Waals surface area contributed by atoms with E-state index in [1.807, 2.05) is 12.1 Å². The number of carbonyl (C=O) groups excluding carboxylic acids is 1. The van der Waals surface area contributed by atoms with Crippen LogP contribution in [0.15, 0.2) is 42.6 Å². The molecule has 0 aliphatic carbocycles. The Balaban J connectivity index is 1.86. The average molecular weight is 385 g/mol. The summed E-state index contributed by atoms with van der Waals surface area (Å²) in [5.41, 5.74) is 1.51. The molecule has 28 heavy (non-hydrogen) atoms. The number of halogens is 2. The maximum atomic E-state index is 14.3. The zero-order valence-corrected chi connectivity index (χ0v) is 15.2. The van der Waals surface area contributed by atoms with E-state index in [2.05, 4.69) is 10.4 Å². The van der Waals surface area contributed by atoms with Crippen LogP contribution in [0, 0.1) is 11.6 Å². The number of benzene rings is 2. The number of fused-ring (bicyclic) bond motifs is 1. The van der Waals surface area contributed by atoms with E-state index in [4.69, 9.17) is 9.47 Å². The molecule has 2 aromatic carbocycles. The van der Waals surface area contributed by atoms with Crippen molar-refractivity contribution in [1.29, 1.82) is 0 Å². The van der Waals surface area contributed by atoms with E-state index in [-0.39, 0.29) is 23.9 Å². The second-order valence-corrected chi connectivity index (χ2v) is 6.34. The molecule has 0 saturated carbocycles. The van der Waals surface area contributed by atoms with Crippen molar-refractivity contribution >= 4 is 11.7 Å². The third-order valence-electron chi connectivity index (χ3n) is 4.77. The molecule has 1 atom stereocenters. The molecule has 2 heterocycles. The van der Waals surface area contributed by atoms with Crippen molar-refractivity contribution in [1.82, 2.24) is 9.78 Å². The highest BCUT2D eigenvalue weighted by Gasteiger charge is 2.33. The molecule has 144 valence electrons. The summed E-state index contributed by atoms with van der Waals surface area (Å²) in [5, 5.41) is 6.98. The molecule has 0 saturated heterocycles. The van der Waals surface area contributed by atoms with Crippen LogP contribution in [-0.2, 0) is 4.79 Å². The molecule has 1 amide bonds. The molecule has 6 nitrogen and oxygen atoms in total. The number of para-hydroxylation sites is 1. The fourth-order valence-corrected chi connectivity index (χ4v) is 3.52. The molecule has 0 fully saturated rings. The van der Waals surface area contributed by atoms with Crippen LogP contribution in [0.2, 0.25) is 0 Å². The lowest BCUT2D eigenvalue weighted by molar-refractivity contribution is -0.116. The van der Waals surface area contributed by atoms with Crippen LogP contribution in [0.3, 0.4) is 0 Å². The largest absolute Gasteiger partial charge is 0.493 e. The number of ether oxygens (including phenoxy) is 2. The predicted octanol–water partition coefficient (Wildman–Crippen LogP) is 3.64. The molecule has 8 heteroatoms. The van der Waals surface area contributed by atoms with Crippen LogP contribution in [0.25, 0.3) is 5.69 Å². The summed E-state index contributed by atoms with van der Waals surface area (Å²) in [6.07, 6.45) is 1.75. The van der Waals surface area contributed by atoms with Crippen LogP contribution in [0.4, 0.5) is 14.6 Å².